The zero-order valence-corrected chi connectivity index (χ0v) is 11.1. The van der Waals surface area contributed by atoms with Gasteiger partial charge >= 0.3 is 6.03 Å². The zero-order valence-electron chi connectivity index (χ0n) is 11.1. The molecule has 2 N–H and O–H groups in total. The Morgan fingerprint density at radius 3 is 2.95 bits per heavy atom. The highest BCUT2D eigenvalue weighted by Gasteiger charge is 2.29. The molecule has 0 aromatic carbocycles. The van der Waals surface area contributed by atoms with E-state index in [1.807, 2.05) is 13.0 Å². The Hall–Kier alpha value is -2.62. The standard InChI is InChI=1S/C13H15N5O2/c1-2-18-8-11(5-12(18)19)17-13(20)16-10-4-3-9(6-14)15-7-10/h3-4,7,11H,2,5,8H2,1H3,(H2,16,17,20)/t11-/m1/s1. The molecule has 1 atom stereocenters. The van der Waals surface area contributed by atoms with E-state index >= 15 is 0 Å². The molecule has 0 spiro atoms. The number of hydrogen-bond donors (Lipinski definition) is 2. The first-order chi connectivity index (χ1) is 9.62. The SMILES string of the molecule is CCN1C[C@H](NC(=O)Nc2ccc(C#N)nc2)CC1=O. The van der Waals surface area contributed by atoms with Gasteiger partial charge in [-0.05, 0) is 19.1 Å². The number of anilines is 1. The first-order valence-corrected chi connectivity index (χ1v) is 6.33. The van der Waals surface area contributed by atoms with Crippen molar-refractivity contribution in [2.45, 2.75) is 19.4 Å². The molecule has 20 heavy (non-hydrogen) atoms. The van der Waals surface area contributed by atoms with Crippen molar-refractivity contribution in [2.24, 2.45) is 0 Å². The minimum atomic E-state index is -0.382. The summed E-state index contributed by atoms with van der Waals surface area (Å²) in [6.45, 7) is 3.09. The minimum absolute atomic E-state index is 0.0536. The molecular weight excluding hydrogens is 258 g/mol. The van der Waals surface area contributed by atoms with E-state index in [0.29, 0.717) is 25.2 Å². The molecule has 0 radical (unpaired) electrons. The van der Waals surface area contributed by atoms with Gasteiger partial charge in [-0.1, -0.05) is 0 Å². The molecule has 2 heterocycles. The molecule has 0 saturated carbocycles. The first-order valence-electron chi connectivity index (χ1n) is 6.33. The van der Waals surface area contributed by atoms with Gasteiger partial charge in [-0.25, -0.2) is 9.78 Å². The lowest BCUT2D eigenvalue weighted by atomic mass is 10.2. The van der Waals surface area contributed by atoms with Crippen molar-refractivity contribution in [3.63, 3.8) is 0 Å². The Bertz CT molecular complexity index is 549. The van der Waals surface area contributed by atoms with Crippen LogP contribution in [0.2, 0.25) is 0 Å². The van der Waals surface area contributed by atoms with Gasteiger partial charge < -0.3 is 15.5 Å². The van der Waals surface area contributed by atoms with Crippen molar-refractivity contribution in [2.75, 3.05) is 18.4 Å². The maximum Gasteiger partial charge on any atom is 0.319 e. The highest BCUT2D eigenvalue weighted by Crippen LogP contribution is 2.11. The van der Waals surface area contributed by atoms with Crippen molar-refractivity contribution < 1.29 is 9.59 Å². The number of nitriles is 1. The van der Waals surface area contributed by atoms with Crippen LogP contribution in [0.5, 0.6) is 0 Å². The Labute approximate surface area is 116 Å². The van der Waals surface area contributed by atoms with Gasteiger partial charge in [0.15, 0.2) is 0 Å². The highest BCUT2D eigenvalue weighted by molar-refractivity contribution is 5.90. The molecule has 1 aromatic heterocycles. The average Bonchev–Trinajstić information content (AvgIpc) is 2.79. The Balaban J connectivity index is 1.87. The van der Waals surface area contributed by atoms with E-state index in [0.717, 1.165) is 0 Å². The second kappa shape index (κ2) is 6.02. The van der Waals surface area contributed by atoms with E-state index in [1.54, 1.807) is 11.0 Å². The van der Waals surface area contributed by atoms with E-state index in [2.05, 4.69) is 15.6 Å². The number of likely N-dealkylation sites (tertiary alicyclic amines) is 1. The van der Waals surface area contributed by atoms with Crippen LogP contribution in [0.3, 0.4) is 0 Å². The molecule has 7 nitrogen and oxygen atoms in total. The maximum atomic E-state index is 11.8. The van der Waals surface area contributed by atoms with Crippen LogP contribution in [0.15, 0.2) is 18.3 Å². The van der Waals surface area contributed by atoms with Crippen LogP contribution in [-0.4, -0.2) is 41.0 Å². The number of carbonyl (C=O) groups excluding carboxylic acids is 2. The molecule has 104 valence electrons. The zero-order chi connectivity index (χ0) is 14.5. The molecule has 0 aliphatic carbocycles. The van der Waals surface area contributed by atoms with Crippen LogP contribution in [-0.2, 0) is 4.79 Å². The summed E-state index contributed by atoms with van der Waals surface area (Å²) >= 11 is 0. The smallest absolute Gasteiger partial charge is 0.319 e. The number of rotatable bonds is 3. The molecule has 1 saturated heterocycles. The maximum absolute atomic E-state index is 11.8. The molecule has 0 bridgehead atoms. The molecule has 1 aliphatic rings. The van der Waals surface area contributed by atoms with Crippen LogP contribution < -0.4 is 10.6 Å². The Morgan fingerprint density at radius 1 is 1.60 bits per heavy atom. The fourth-order valence-electron chi connectivity index (χ4n) is 2.06. The van der Waals surface area contributed by atoms with Gasteiger partial charge in [0.25, 0.3) is 0 Å². The second-order valence-corrected chi connectivity index (χ2v) is 4.48. The number of amides is 3. The topological polar surface area (TPSA) is 98.1 Å². The third-order valence-electron chi connectivity index (χ3n) is 3.07. The number of pyridine rings is 1. The Kier molecular flexibility index (Phi) is 4.15. The lowest BCUT2D eigenvalue weighted by molar-refractivity contribution is -0.127. The fraction of sp³-hybridized carbons (Fsp3) is 0.385. The lowest BCUT2D eigenvalue weighted by Crippen LogP contribution is -2.39. The van der Waals surface area contributed by atoms with Gasteiger partial charge in [0.05, 0.1) is 17.9 Å². The summed E-state index contributed by atoms with van der Waals surface area (Å²) in [5.41, 5.74) is 0.786. The van der Waals surface area contributed by atoms with Crippen molar-refractivity contribution >= 4 is 17.6 Å². The van der Waals surface area contributed by atoms with Gasteiger partial charge in [-0.15, -0.1) is 0 Å². The number of aromatic nitrogens is 1. The van der Waals surface area contributed by atoms with Crippen LogP contribution >= 0.6 is 0 Å². The van der Waals surface area contributed by atoms with Crippen molar-refractivity contribution in [1.82, 2.24) is 15.2 Å². The van der Waals surface area contributed by atoms with Crippen LogP contribution in [0.25, 0.3) is 0 Å². The molecule has 7 heteroatoms. The molecule has 2 rings (SSSR count). The van der Waals surface area contributed by atoms with E-state index in [4.69, 9.17) is 5.26 Å². The average molecular weight is 273 g/mol. The monoisotopic (exact) mass is 273 g/mol. The van der Waals surface area contributed by atoms with Crippen LogP contribution in [0.1, 0.15) is 19.0 Å². The molecule has 3 amide bonds. The largest absolute Gasteiger partial charge is 0.341 e. The summed E-state index contributed by atoms with van der Waals surface area (Å²) in [7, 11) is 0. The van der Waals surface area contributed by atoms with Gasteiger partial charge in [0.1, 0.15) is 11.8 Å². The molecular formula is C13H15N5O2. The molecule has 1 fully saturated rings. The molecule has 1 aliphatic heterocycles. The van der Waals surface area contributed by atoms with Gasteiger partial charge in [0, 0.05) is 19.5 Å². The van der Waals surface area contributed by atoms with Gasteiger partial charge in [-0.3, -0.25) is 4.79 Å². The van der Waals surface area contributed by atoms with Gasteiger partial charge in [-0.2, -0.15) is 5.26 Å². The summed E-state index contributed by atoms with van der Waals surface area (Å²) in [4.78, 5) is 28.9. The van der Waals surface area contributed by atoms with Crippen molar-refractivity contribution in [3.8, 4) is 6.07 Å². The predicted molar refractivity (Wildman–Crippen MR) is 71.8 cm³/mol. The van der Waals surface area contributed by atoms with Gasteiger partial charge in [0.2, 0.25) is 5.91 Å². The second-order valence-electron chi connectivity index (χ2n) is 4.48. The minimum Gasteiger partial charge on any atom is -0.341 e. The summed E-state index contributed by atoms with van der Waals surface area (Å²) in [6, 6.07) is 4.47. The molecule has 1 aromatic rings. The number of likely N-dealkylation sites (N-methyl/N-ethyl adjacent to an activating group) is 1. The van der Waals surface area contributed by atoms with E-state index < -0.39 is 0 Å². The van der Waals surface area contributed by atoms with E-state index in [9.17, 15) is 9.59 Å². The quantitative estimate of drug-likeness (QED) is 0.846. The predicted octanol–water partition coefficient (Wildman–Crippen LogP) is 0.696. The number of nitrogens with zero attached hydrogens (tertiary/aromatic N) is 3. The van der Waals surface area contributed by atoms with E-state index in [1.165, 1.54) is 12.3 Å². The first kappa shape index (κ1) is 13.8. The third-order valence-corrected chi connectivity index (χ3v) is 3.07. The summed E-state index contributed by atoms with van der Waals surface area (Å²) in [5.74, 6) is 0.0536. The van der Waals surface area contributed by atoms with Crippen molar-refractivity contribution in [1.29, 1.82) is 5.26 Å². The summed E-state index contributed by atoms with van der Waals surface area (Å²) in [5, 5.41) is 14.0. The number of urea groups is 1. The summed E-state index contributed by atoms with van der Waals surface area (Å²) < 4.78 is 0. The van der Waals surface area contributed by atoms with E-state index in [-0.39, 0.29) is 23.7 Å². The normalized spacial score (nSPS) is 17.7. The number of carbonyl (C=O) groups is 2. The van der Waals surface area contributed by atoms with Crippen LogP contribution in [0, 0.1) is 11.3 Å². The third kappa shape index (κ3) is 3.23. The number of nitrogens with one attached hydrogen (secondary N) is 2. The number of hydrogen-bond acceptors (Lipinski definition) is 4. The summed E-state index contributed by atoms with van der Waals surface area (Å²) in [6.07, 6.45) is 1.74. The lowest BCUT2D eigenvalue weighted by Gasteiger charge is -2.15. The fourth-order valence-corrected chi connectivity index (χ4v) is 2.06. The molecule has 0 unspecified atom stereocenters. The van der Waals surface area contributed by atoms with Crippen LogP contribution in [0.4, 0.5) is 10.5 Å². The highest BCUT2D eigenvalue weighted by atomic mass is 16.2. The Morgan fingerprint density at radius 2 is 2.40 bits per heavy atom. The van der Waals surface area contributed by atoms with Crippen molar-refractivity contribution in [3.05, 3.63) is 24.0 Å².